The summed E-state index contributed by atoms with van der Waals surface area (Å²) in [5.74, 6) is -1.03. The molecule has 0 bridgehead atoms. The van der Waals surface area contributed by atoms with Gasteiger partial charge in [0.2, 0.25) is 0 Å². The Morgan fingerprint density at radius 2 is 1.85 bits per heavy atom. The molecule has 0 unspecified atom stereocenters. The molecule has 0 fully saturated rings. The highest BCUT2D eigenvalue weighted by atomic mass is 16.4. The number of para-hydroxylation sites is 1. The largest absolute Gasteiger partial charge is 0.478 e. The zero-order valence-electron chi connectivity index (χ0n) is 10.6. The minimum atomic E-state index is -1.03. The van der Waals surface area contributed by atoms with Crippen molar-refractivity contribution in [3.63, 3.8) is 0 Å². The Labute approximate surface area is 115 Å². The maximum absolute atomic E-state index is 11.1. The SMILES string of the molecule is Nc1ccc(-c2cnc3ccccc3c2)cc1C(=O)O. The van der Waals surface area contributed by atoms with Gasteiger partial charge in [0.25, 0.3) is 0 Å². The Balaban J connectivity index is 2.15. The maximum atomic E-state index is 11.1. The van der Waals surface area contributed by atoms with Crippen LogP contribution in [0.1, 0.15) is 10.4 Å². The predicted octanol–water partition coefficient (Wildman–Crippen LogP) is 3.18. The van der Waals surface area contributed by atoms with E-state index in [0.717, 1.165) is 22.0 Å². The van der Waals surface area contributed by atoms with Gasteiger partial charge in [-0.2, -0.15) is 0 Å². The first kappa shape index (κ1) is 12.2. The number of aromatic nitrogens is 1. The lowest BCUT2D eigenvalue weighted by atomic mass is 10.0. The van der Waals surface area contributed by atoms with Gasteiger partial charge in [-0.1, -0.05) is 24.3 Å². The van der Waals surface area contributed by atoms with E-state index in [9.17, 15) is 4.79 Å². The van der Waals surface area contributed by atoms with E-state index in [1.807, 2.05) is 30.3 Å². The molecule has 4 heteroatoms. The van der Waals surface area contributed by atoms with Crippen LogP contribution in [-0.4, -0.2) is 16.1 Å². The maximum Gasteiger partial charge on any atom is 0.337 e. The minimum Gasteiger partial charge on any atom is -0.478 e. The van der Waals surface area contributed by atoms with Crippen LogP contribution in [-0.2, 0) is 0 Å². The van der Waals surface area contributed by atoms with E-state index in [4.69, 9.17) is 10.8 Å². The number of pyridine rings is 1. The van der Waals surface area contributed by atoms with E-state index in [1.165, 1.54) is 0 Å². The van der Waals surface area contributed by atoms with Crippen molar-refractivity contribution in [2.24, 2.45) is 0 Å². The number of benzene rings is 2. The molecular weight excluding hydrogens is 252 g/mol. The van der Waals surface area contributed by atoms with Gasteiger partial charge in [0.1, 0.15) is 0 Å². The van der Waals surface area contributed by atoms with Gasteiger partial charge in [0.05, 0.1) is 11.1 Å². The second-order valence-electron chi connectivity index (χ2n) is 4.52. The minimum absolute atomic E-state index is 0.107. The summed E-state index contributed by atoms with van der Waals surface area (Å²) >= 11 is 0. The molecule has 2 aromatic carbocycles. The molecule has 98 valence electrons. The number of aromatic carboxylic acids is 1. The van der Waals surface area contributed by atoms with Gasteiger partial charge < -0.3 is 10.8 Å². The van der Waals surface area contributed by atoms with Crippen LogP contribution in [0.3, 0.4) is 0 Å². The Kier molecular flexibility index (Phi) is 2.84. The lowest BCUT2D eigenvalue weighted by molar-refractivity contribution is 0.0698. The first-order chi connectivity index (χ1) is 9.65. The predicted molar refractivity (Wildman–Crippen MR) is 78.6 cm³/mol. The van der Waals surface area contributed by atoms with E-state index >= 15 is 0 Å². The van der Waals surface area contributed by atoms with Crippen LogP contribution in [0.5, 0.6) is 0 Å². The molecule has 3 aromatic rings. The molecular formula is C16H12N2O2. The van der Waals surface area contributed by atoms with Gasteiger partial charge >= 0.3 is 5.97 Å². The van der Waals surface area contributed by atoms with Gasteiger partial charge in [-0.15, -0.1) is 0 Å². The van der Waals surface area contributed by atoms with E-state index < -0.39 is 5.97 Å². The van der Waals surface area contributed by atoms with Gasteiger partial charge in [-0.05, 0) is 29.8 Å². The smallest absolute Gasteiger partial charge is 0.337 e. The van der Waals surface area contributed by atoms with Gasteiger partial charge in [0, 0.05) is 22.8 Å². The summed E-state index contributed by atoms with van der Waals surface area (Å²) in [5.41, 5.74) is 8.59. The zero-order chi connectivity index (χ0) is 14.1. The number of carboxylic acids is 1. The van der Waals surface area contributed by atoms with Crippen LogP contribution in [0.15, 0.2) is 54.7 Å². The number of nitrogens with two attached hydrogens (primary N) is 1. The van der Waals surface area contributed by atoms with Crippen LogP contribution in [0.4, 0.5) is 5.69 Å². The molecule has 0 saturated carbocycles. The highest BCUT2D eigenvalue weighted by Crippen LogP contribution is 2.25. The molecule has 1 aromatic heterocycles. The molecule has 0 aliphatic rings. The molecule has 0 amide bonds. The molecule has 1 heterocycles. The molecule has 0 spiro atoms. The number of carboxylic acid groups (broad SMARTS) is 1. The number of nitrogen functional groups attached to an aromatic ring is 1. The molecule has 3 rings (SSSR count). The molecule has 0 aliphatic heterocycles. The number of anilines is 1. The summed E-state index contributed by atoms with van der Waals surface area (Å²) in [7, 11) is 0. The summed E-state index contributed by atoms with van der Waals surface area (Å²) in [5, 5.41) is 10.1. The van der Waals surface area contributed by atoms with Crippen LogP contribution >= 0.6 is 0 Å². The van der Waals surface area contributed by atoms with Crippen molar-refractivity contribution in [1.29, 1.82) is 0 Å². The molecule has 0 aliphatic carbocycles. The Hall–Kier alpha value is -2.88. The van der Waals surface area contributed by atoms with Gasteiger partial charge in [-0.3, -0.25) is 4.98 Å². The van der Waals surface area contributed by atoms with E-state index in [-0.39, 0.29) is 11.3 Å². The van der Waals surface area contributed by atoms with Crippen molar-refractivity contribution in [3.05, 3.63) is 60.3 Å². The van der Waals surface area contributed by atoms with Crippen molar-refractivity contribution in [1.82, 2.24) is 4.98 Å². The van der Waals surface area contributed by atoms with Crippen molar-refractivity contribution in [3.8, 4) is 11.1 Å². The van der Waals surface area contributed by atoms with Crippen molar-refractivity contribution in [2.75, 3.05) is 5.73 Å². The lowest BCUT2D eigenvalue weighted by Crippen LogP contribution is -2.02. The Bertz CT molecular complexity index is 812. The van der Waals surface area contributed by atoms with E-state index in [1.54, 1.807) is 24.4 Å². The average molecular weight is 264 g/mol. The summed E-state index contributed by atoms with van der Waals surface area (Å²) in [6, 6.07) is 14.7. The van der Waals surface area contributed by atoms with Crippen molar-refractivity contribution >= 4 is 22.6 Å². The number of carbonyl (C=O) groups is 1. The fourth-order valence-corrected chi connectivity index (χ4v) is 2.15. The summed E-state index contributed by atoms with van der Waals surface area (Å²) in [6.07, 6.45) is 1.74. The second kappa shape index (κ2) is 4.66. The number of hydrogen-bond donors (Lipinski definition) is 2. The molecule has 0 atom stereocenters. The highest BCUT2D eigenvalue weighted by Gasteiger charge is 2.10. The fourth-order valence-electron chi connectivity index (χ4n) is 2.15. The fraction of sp³-hybridized carbons (Fsp3) is 0. The third kappa shape index (κ3) is 2.07. The van der Waals surface area contributed by atoms with Crippen LogP contribution in [0, 0.1) is 0 Å². The van der Waals surface area contributed by atoms with E-state index in [0.29, 0.717) is 0 Å². The standard InChI is InChI=1S/C16H12N2O2/c17-14-6-5-10(8-13(14)16(19)20)12-7-11-3-1-2-4-15(11)18-9-12/h1-9H,17H2,(H,19,20). The number of rotatable bonds is 2. The lowest BCUT2D eigenvalue weighted by Gasteiger charge is -2.06. The number of fused-ring (bicyclic) bond motifs is 1. The summed E-state index contributed by atoms with van der Waals surface area (Å²) < 4.78 is 0. The first-order valence-electron chi connectivity index (χ1n) is 6.13. The van der Waals surface area contributed by atoms with E-state index in [2.05, 4.69) is 4.98 Å². The van der Waals surface area contributed by atoms with Crippen molar-refractivity contribution < 1.29 is 9.90 Å². The topological polar surface area (TPSA) is 76.2 Å². The second-order valence-corrected chi connectivity index (χ2v) is 4.52. The van der Waals surface area contributed by atoms with Crippen molar-refractivity contribution in [2.45, 2.75) is 0 Å². The quantitative estimate of drug-likeness (QED) is 0.697. The van der Waals surface area contributed by atoms with Crippen LogP contribution < -0.4 is 5.73 Å². The Morgan fingerprint density at radius 1 is 1.05 bits per heavy atom. The molecule has 3 N–H and O–H groups in total. The number of hydrogen-bond acceptors (Lipinski definition) is 3. The molecule has 0 radical (unpaired) electrons. The summed E-state index contributed by atoms with van der Waals surface area (Å²) in [6.45, 7) is 0. The molecule has 4 nitrogen and oxygen atoms in total. The third-order valence-electron chi connectivity index (χ3n) is 3.21. The van der Waals surface area contributed by atoms with Gasteiger partial charge in [-0.25, -0.2) is 4.79 Å². The number of nitrogens with zero attached hydrogens (tertiary/aromatic N) is 1. The normalized spacial score (nSPS) is 10.6. The average Bonchev–Trinajstić information content (AvgIpc) is 2.47. The van der Waals surface area contributed by atoms with Gasteiger partial charge in [0.15, 0.2) is 0 Å². The van der Waals surface area contributed by atoms with Crippen LogP contribution in [0.2, 0.25) is 0 Å². The summed E-state index contributed by atoms with van der Waals surface area (Å²) in [4.78, 5) is 15.5. The molecule has 0 saturated heterocycles. The van der Waals surface area contributed by atoms with Crippen LogP contribution in [0.25, 0.3) is 22.0 Å². The highest BCUT2D eigenvalue weighted by molar-refractivity contribution is 5.95. The monoisotopic (exact) mass is 264 g/mol. The third-order valence-corrected chi connectivity index (χ3v) is 3.21. The zero-order valence-corrected chi connectivity index (χ0v) is 10.6. The first-order valence-corrected chi connectivity index (χ1v) is 6.13. The Morgan fingerprint density at radius 3 is 2.65 bits per heavy atom. The molecule has 20 heavy (non-hydrogen) atoms.